The van der Waals surface area contributed by atoms with E-state index in [9.17, 15) is 13.2 Å². The van der Waals surface area contributed by atoms with Crippen molar-refractivity contribution in [2.45, 2.75) is 24.3 Å². The van der Waals surface area contributed by atoms with Gasteiger partial charge in [0.1, 0.15) is 0 Å². The highest BCUT2D eigenvalue weighted by Gasteiger charge is 2.24. The molecule has 1 aromatic rings. The third-order valence-corrected chi connectivity index (χ3v) is 5.07. The van der Waals surface area contributed by atoms with Gasteiger partial charge in [0.05, 0.1) is 29.1 Å². The van der Waals surface area contributed by atoms with Gasteiger partial charge in [0, 0.05) is 5.02 Å². The molecule has 5 nitrogen and oxygen atoms in total. The van der Waals surface area contributed by atoms with Crippen LogP contribution < -0.4 is 0 Å². The summed E-state index contributed by atoms with van der Waals surface area (Å²) in [5, 5.41) is 16.5. The number of nitrogens with zero attached hydrogens (tertiary/aromatic N) is 1. The highest BCUT2D eigenvalue weighted by molar-refractivity contribution is 7.91. The van der Waals surface area contributed by atoms with Crippen LogP contribution in [0.25, 0.3) is 0 Å². The van der Waals surface area contributed by atoms with Gasteiger partial charge in [-0.3, -0.25) is 4.79 Å². The average molecular weight is 302 g/mol. The quantitative estimate of drug-likeness (QED) is 0.897. The number of halogens is 1. The van der Waals surface area contributed by atoms with Gasteiger partial charge < -0.3 is 5.11 Å². The number of carboxylic acids is 1. The third-order valence-electron chi connectivity index (χ3n) is 2.61. The Labute approximate surface area is 116 Å². The number of nitriles is 1. The smallest absolute Gasteiger partial charge is 0.304 e. The molecular formula is C12H12ClNO4S. The minimum Gasteiger partial charge on any atom is -0.481 e. The summed E-state index contributed by atoms with van der Waals surface area (Å²) in [4.78, 5) is 10.5. The minimum absolute atomic E-state index is 0.185. The Morgan fingerprint density at radius 2 is 2.16 bits per heavy atom. The molecule has 0 amide bonds. The standard InChI is InChI=1S/C12H12ClNO4S/c1-8(4-12(15)16)19(17,18)7-10-3-2-9(6-14)5-11(10)13/h2-3,5,8H,4,7H2,1H3,(H,15,16). The molecule has 0 aromatic heterocycles. The monoisotopic (exact) mass is 301 g/mol. The number of aliphatic carboxylic acids is 1. The Kier molecular flexibility index (Phi) is 4.92. The van der Waals surface area contributed by atoms with Crippen LogP contribution in [-0.2, 0) is 20.4 Å². The number of rotatable bonds is 5. The highest BCUT2D eigenvalue weighted by Crippen LogP contribution is 2.22. The number of carboxylic acid groups (broad SMARTS) is 1. The largest absolute Gasteiger partial charge is 0.481 e. The van der Waals surface area contributed by atoms with E-state index in [1.54, 1.807) is 0 Å². The van der Waals surface area contributed by atoms with E-state index in [1.807, 2.05) is 6.07 Å². The third kappa shape index (κ3) is 4.23. The first-order valence-electron chi connectivity index (χ1n) is 5.38. The molecule has 1 unspecified atom stereocenters. The normalized spacial score (nSPS) is 12.7. The molecule has 1 atom stereocenters. The fourth-order valence-corrected chi connectivity index (χ4v) is 3.16. The number of hydrogen-bond acceptors (Lipinski definition) is 4. The Bertz CT molecular complexity index is 634. The van der Waals surface area contributed by atoms with Crippen LogP contribution in [0.4, 0.5) is 0 Å². The first-order chi connectivity index (χ1) is 8.76. The van der Waals surface area contributed by atoms with Crippen molar-refractivity contribution in [3.05, 3.63) is 34.3 Å². The minimum atomic E-state index is -3.60. The molecule has 7 heteroatoms. The zero-order chi connectivity index (χ0) is 14.6. The first kappa shape index (κ1) is 15.5. The van der Waals surface area contributed by atoms with Gasteiger partial charge in [0.25, 0.3) is 0 Å². The van der Waals surface area contributed by atoms with Crippen LogP contribution >= 0.6 is 11.6 Å². The van der Waals surface area contributed by atoms with Crippen molar-refractivity contribution in [3.8, 4) is 6.07 Å². The van der Waals surface area contributed by atoms with Gasteiger partial charge in [-0.05, 0) is 24.6 Å². The summed E-state index contributed by atoms with van der Waals surface area (Å²) in [6.45, 7) is 1.35. The molecule has 1 rings (SSSR count). The SMILES string of the molecule is CC(CC(=O)O)S(=O)(=O)Cc1ccc(C#N)cc1Cl. The lowest BCUT2D eigenvalue weighted by Crippen LogP contribution is -2.23. The molecule has 0 aliphatic rings. The summed E-state index contributed by atoms with van der Waals surface area (Å²) in [7, 11) is -3.60. The summed E-state index contributed by atoms with van der Waals surface area (Å²) in [6, 6.07) is 6.21. The van der Waals surface area contributed by atoms with Gasteiger partial charge in [0.15, 0.2) is 9.84 Å². The second kappa shape index (κ2) is 6.04. The van der Waals surface area contributed by atoms with E-state index in [2.05, 4.69) is 0 Å². The van der Waals surface area contributed by atoms with Crippen molar-refractivity contribution in [2.24, 2.45) is 0 Å². The van der Waals surface area contributed by atoms with E-state index in [4.69, 9.17) is 22.0 Å². The maximum absolute atomic E-state index is 12.0. The first-order valence-corrected chi connectivity index (χ1v) is 7.47. The van der Waals surface area contributed by atoms with Crippen molar-refractivity contribution < 1.29 is 18.3 Å². The van der Waals surface area contributed by atoms with Gasteiger partial charge in [0.2, 0.25) is 0 Å². The Hall–Kier alpha value is -1.58. The maximum Gasteiger partial charge on any atom is 0.304 e. The molecular weight excluding hydrogens is 290 g/mol. The zero-order valence-corrected chi connectivity index (χ0v) is 11.7. The Morgan fingerprint density at radius 1 is 1.53 bits per heavy atom. The lowest BCUT2D eigenvalue weighted by molar-refractivity contribution is -0.136. The zero-order valence-electron chi connectivity index (χ0n) is 10.1. The fourth-order valence-electron chi connectivity index (χ4n) is 1.47. The molecule has 0 saturated heterocycles. The molecule has 1 N–H and O–H groups in total. The topological polar surface area (TPSA) is 95.2 Å². The molecule has 0 heterocycles. The molecule has 0 radical (unpaired) electrons. The summed E-state index contributed by atoms with van der Waals surface area (Å²) < 4.78 is 23.9. The molecule has 1 aromatic carbocycles. The van der Waals surface area contributed by atoms with Gasteiger partial charge in [-0.15, -0.1) is 0 Å². The Morgan fingerprint density at radius 3 is 2.63 bits per heavy atom. The van der Waals surface area contributed by atoms with Crippen molar-refractivity contribution in [1.82, 2.24) is 0 Å². The number of sulfone groups is 1. The van der Waals surface area contributed by atoms with E-state index in [0.717, 1.165) is 0 Å². The molecule has 0 aliphatic heterocycles. The fraction of sp³-hybridized carbons (Fsp3) is 0.333. The number of hydrogen-bond donors (Lipinski definition) is 1. The second-order valence-electron chi connectivity index (χ2n) is 4.13. The highest BCUT2D eigenvalue weighted by atomic mass is 35.5. The molecule has 0 bridgehead atoms. The second-order valence-corrected chi connectivity index (χ2v) is 6.96. The van der Waals surface area contributed by atoms with Crippen LogP contribution in [0.2, 0.25) is 5.02 Å². The number of benzene rings is 1. The van der Waals surface area contributed by atoms with E-state index >= 15 is 0 Å². The van der Waals surface area contributed by atoms with Crippen LogP contribution in [0.3, 0.4) is 0 Å². The van der Waals surface area contributed by atoms with Crippen LogP contribution in [-0.4, -0.2) is 24.7 Å². The van der Waals surface area contributed by atoms with E-state index in [-0.39, 0.29) is 10.8 Å². The molecule has 102 valence electrons. The van der Waals surface area contributed by atoms with Gasteiger partial charge in [-0.25, -0.2) is 8.42 Å². The summed E-state index contributed by atoms with van der Waals surface area (Å²) in [6.07, 6.45) is -0.448. The van der Waals surface area contributed by atoms with E-state index in [0.29, 0.717) is 11.1 Å². The van der Waals surface area contributed by atoms with Crippen LogP contribution in [0.1, 0.15) is 24.5 Å². The molecule has 0 saturated carbocycles. The van der Waals surface area contributed by atoms with Crippen molar-refractivity contribution >= 4 is 27.4 Å². The van der Waals surface area contributed by atoms with E-state index < -0.39 is 27.5 Å². The predicted octanol–water partition coefficient (Wildman–Crippen LogP) is 1.99. The molecule has 0 spiro atoms. The summed E-state index contributed by atoms with van der Waals surface area (Å²) in [5.41, 5.74) is 0.697. The van der Waals surface area contributed by atoms with Crippen LogP contribution in [0.5, 0.6) is 0 Å². The van der Waals surface area contributed by atoms with Crippen LogP contribution in [0, 0.1) is 11.3 Å². The summed E-state index contributed by atoms with van der Waals surface area (Å²) >= 11 is 5.89. The molecule has 19 heavy (non-hydrogen) atoms. The van der Waals surface area contributed by atoms with Crippen molar-refractivity contribution in [3.63, 3.8) is 0 Å². The predicted molar refractivity (Wildman–Crippen MR) is 70.5 cm³/mol. The van der Waals surface area contributed by atoms with Crippen molar-refractivity contribution in [1.29, 1.82) is 5.26 Å². The van der Waals surface area contributed by atoms with E-state index in [1.165, 1.54) is 25.1 Å². The maximum atomic E-state index is 12.0. The van der Waals surface area contributed by atoms with Crippen LogP contribution in [0.15, 0.2) is 18.2 Å². The lowest BCUT2D eigenvalue weighted by Gasteiger charge is -2.11. The molecule has 0 aliphatic carbocycles. The van der Waals surface area contributed by atoms with Gasteiger partial charge in [-0.2, -0.15) is 5.26 Å². The lowest BCUT2D eigenvalue weighted by atomic mass is 10.2. The van der Waals surface area contributed by atoms with Crippen molar-refractivity contribution in [2.75, 3.05) is 0 Å². The average Bonchev–Trinajstić information content (AvgIpc) is 2.30. The number of carbonyl (C=O) groups is 1. The van der Waals surface area contributed by atoms with Gasteiger partial charge >= 0.3 is 5.97 Å². The van der Waals surface area contributed by atoms with Gasteiger partial charge in [-0.1, -0.05) is 17.7 Å². The summed E-state index contributed by atoms with van der Waals surface area (Å²) in [5.74, 6) is -1.51. The molecule has 0 fully saturated rings. The Balaban J connectivity index is 2.96.